The summed E-state index contributed by atoms with van der Waals surface area (Å²) >= 11 is 1.04. The highest BCUT2D eigenvalue weighted by molar-refractivity contribution is 8.04. The van der Waals surface area contributed by atoms with E-state index in [0.717, 1.165) is 18.0 Å². The van der Waals surface area contributed by atoms with Crippen LogP contribution in [0.5, 0.6) is 0 Å². The van der Waals surface area contributed by atoms with Crippen LogP contribution in [-0.4, -0.2) is 34.0 Å². The third-order valence-corrected chi connectivity index (χ3v) is 4.69. The maximum absolute atomic E-state index is 12.3. The Bertz CT molecular complexity index is 687. The average Bonchev–Trinajstić information content (AvgIpc) is 2.91. The average molecular weight is 306 g/mol. The van der Waals surface area contributed by atoms with Crippen LogP contribution in [0.4, 0.5) is 0 Å². The molecule has 0 spiro atoms. The van der Waals surface area contributed by atoms with Crippen LogP contribution in [0.1, 0.15) is 22.0 Å². The molecule has 0 aromatic heterocycles. The van der Waals surface area contributed by atoms with Gasteiger partial charge in [-0.1, -0.05) is 30.0 Å². The smallest absolute Gasteiger partial charge is 0.339 e. The van der Waals surface area contributed by atoms with Gasteiger partial charge >= 0.3 is 5.97 Å². The summed E-state index contributed by atoms with van der Waals surface area (Å²) in [6.07, 6.45) is 0.0666. The van der Waals surface area contributed by atoms with Crippen molar-refractivity contribution >= 4 is 23.6 Å². The maximum atomic E-state index is 12.3. The molecular weight excluding hydrogens is 296 g/mol. The molecule has 2 aliphatic rings. The molecule has 0 N–H and O–H groups in total. The number of cyclic esters (lactones) is 1. The maximum Gasteiger partial charge on any atom is 0.339 e. The highest BCUT2D eigenvalue weighted by atomic mass is 32.2. The molecular formula is C13H10N2O5S. The van der Waals surface area contributed by atoms with Gasteiger partial charge in [-0.05, 0) is 6.07 Å². The van der Waals surface area contributed by atoms with E-state index in [0.29, 0.717) is 11.1 Å². The van der Waals surface area contributed by atoms with E-state index in [1.54, 1.807) is 24.3 Å². The number of rotatable bonds is 2. The summed E-state index contributed by atoms with van der Waals surface area (Å²) in [6.45, 7) is 0. The summed E-state index contributed by atoms with van der Waals surface area (Å²) in [5.41, 5.74) is 1.08. The first kappa shape index (κ1) is 13.6. The summed E-state index contributed by atoms with van der Waals surface area (Å²) in [5, 5.41) is 10.1. The van der Waals surface area contributed by atoms with Crippen molar-refractivity contribution in [3.63, 3.8) is 0 Å². The van der Waals surface area contributed by atoms with Crippen molar-refractivity contribution in [1.29, 1.82) is 0 Å². The van der Waals surface area contributed by atoms with E-state index in [1.165, 1.54) is 11.9 Å². The minimum absolute atomic E-state index is 0.232. The van der Waals surface area contributed by atoms with Gasteiger partial charge in [0.25, 0.3) is 6.20 Å². The molecule has 0 bridgehead atoms. The summed E-state index contributed by atoms with van der Waals surface area (Å²) in [4.78, 5) is 35.2. The fraction of sp³-hybridized carbons (Fsp3) is 0.231. The van der Waals surface area contributed by atoms with Crippen LogP contribution in [0.15, 0.2) is 35.5 Å². The first-order chi connectivity index (χ1) is 9.99. The second-order valence-electron chi connectivity index (χ2n) is 4.60. The van der Waals surface area contributed by atoms with Crippen LogP contribution in [0, 0.1) is 10.1 Å². The van der Waals surface area contributed by atoms with E-state index in [2.05, 4.69) is 0 Å². The van der Waals surface area contributed by atoms with Crippen molar-refractivity contribution in [2.24, 2.45) is 0 Å². The van der Waals surface area contributed by atoms with Crippen LogP contribution in [-0.2, 0) is 9.53 Å². The summed E-state index contributed by atoms with van der Waals surface area (Å²) in [7, 11) is 1.47. The van der Waals surface area contributed by atoms with Crippen molar-refractivity contribution in [1.82, 2.24) is 4.90 Å². The van der Waals surface area contributed by atoms with Crippen LogP contribution in [0.3, 0.4) is 0 Å². The van der Waals surface area contributed by atoms with E-state index >= 15 is 0 Å². The zero-order valence-corrected chi connectivity index (χ0v) is 11.7. The van der Waals surface area contributed by atoms with E-state index in [-0.39, 0.29) is 10.9 Å². The number of amides is 1. The van der Waals surface area contributed by atoms with E-state index in [1.807, 2.05) is 0 Å². The minimum atomic E-state index is -0.716. The number of hydrogen-bond donors (Lipinski definition) is 0. The number of ether oxygens (including phenoxy) is 1. The van der Waals surface area contributed by atoms with Crippen LogP contribution >= 0.6 is 11.8 Å². The third-order valence-electron chi connectivity index (χ3n) is 3.36. The molecule has 0 saturated carbocycles. The summed E-state index contributed by atoms with van der Waals surface area (Å²) in [6, 6.07) is 6.85. The quantitative estimate of drug-likeness (QED) is 0.468. The first-order valence-electron chi connectivity index (χ1n) is 6.08. The van der Waals surface area contributed by atoms with Gasteiger partial charge in [0, 0.05) is 12.6 Å². The van der Waals surface area contributed by atoms with Crippen molar-refractivity contribution < 1.29 is 19.2 Å². The largest absolute Gasteiger partial charge is 0.452 e. The molecule has 2 aliphatic heterocycles. The lowest BCUT2D eigenvalue weighted by Crippen LogP contribution is -2.29. The molecule has 108 valence electrons. The number of thioether (sulfide) groups is 1. The molecule has 21 heavy (non-hydrogen) atoms. The van der Waals surface area contributed by atoms with Crippen molar-refractivity contribution in [3.8, 4) is 0 Å². The molecule has 1 aromatic rings. The molecule has 1 saturated heterocycles. The molecule has 3 rings (SSSR count). The number of benzene rings is 1. The zero-order chi connectivity index (χ0) is 15.1. The van der Waals surface area contributed by atoms with E-state index in [4.69, 9.17) is 4.74 Å². The molecule has 8 heteroatoms. The Morgan fingerprint density at radius 2 is 2.10 bits per heavy atom. The number of esters is 1. The topological polar surface area (TPSA) is 89.8 Å². The Balaban J connectivity index is 1.95. The first-order valence-corrected chi connectivity index (χ1v) is 6.96. The third kappa shape index (κ3) is 2.17. The van der Waals surface area contributed by atoms with Crippen LogP contribution in [0.2, 0.25) is 0 Å². The zero-order valence-electron chi connectivity index (χ0n) is 10.9. The van der Waals surface area contributed by atoms with Gasteiger partial charge in [-0.25, -0.2) is 4.79 Å². The van der Waals surface area contributed by atoms with Gasteiger partial charge in [0.15, 0.2) is 0 Å². The summed E-state index contributed by atoms with van der Waals surface area (Å²) in [5.74, 6) is -0.791. The van der Waals surface area contributed by atoms with E-state index in [9.17, 15) is 19.7 Å². The lowest BCUT2D eigenvalue weighted by molar-refractivity contribution is -0.403. The molecule has 1 fully saturated rings. The number of nitro groups is 1. The Morgan fingerprint density at radius 1 is 1.38 bits per heavy atom. The van der Waals surface area contributed by atoms with Gasteiger partial charge < -0.3 is 9.64 Å². The van der Waals surface area contributed by atoms with Gasteiger partial charge in [0.05, 0.1) is 10.5 Å². The fourth-order valence-corrected chi connectivity index (χ4v) is 3.60. The standard InChI is InChI=1S/C13H10N2O5S/c1-14-9(6-15(18)19)21-11(12(14)16)10-7-4-2-3-5-8(7)13(17)20-10/h2-6,10-11H,1H3/b9-6+. The SMILES string of the molecule is CN1C(=O)C(C2OC(=O)c3ccccc32)S/C1=C/[N+](=O)[O-]. The van der Waals surface area contributed by atoms with Crippen LogP contribution < -0.4 is 0 Å². The normalized spacial score (nSPS) is 26.1. The second kappa shape index (κ2) is 4.88. The highest BCUT2D eigenvalue weighted by Crippen LogP contribution is 2.45. The fourth-order valence-electron chi connectivity index (χ4n) is 2.36. The minimum Gasteiger partial charge on any atom is -0.452 e. The Hall–Kier alpha value is -2.35. The molecule has 0 aliphatic carbocycles. The van der Waals surface area contributed by atoms with Gasteiger partial charge in [-0.2, -0.15) is 0 Å². The van der Waals surface area contributed by atoms with Crippen LogP contribution in [0.25, 0.3) is 0 Å². The van der Waals surface area contributed by atoms with Gasteiger partial charge in [0.2, 0.25) is 5.91 Å². The Kier molecular flexibility index (Phi) is 3.17. The number of nitrogens with zero attached hydrogens (tertiary/aromatic N) is 2. The number of hydrogen-bond acceptors (Lipinski definition) is 6. The Labute approximate surface area is 123 Å². The van der Waals surface area contributed by atoms with Gasteiger partial charge in [-0.15, -0.1) is 0 Å². The summed E-state index contributed by atoms with van der Waals surface area (Å²) < 4.78 is 5.28. The predicted molar refractivity (Wildman–Crippen MR) is 73.8 cm³/mol. The molecule has 2 unspecified atom stereocenters. The number of fused-ring (bicyclic) bond motifs is 1. The Morgan fingerprint density at radius 3 is 2.81 bits per heavy atom. The lowest BCUT2D eigenvalue weighted by atomic mass is 10.0. The van der Waals surface area contributed by atoms with Crippen molar-refractivity contribution in [2.75, 3.05) is 7.05 Å². The molecule has 2 atom stereocenters. The lowest BCUT2D eigenvalue weighted by Gasteiger charge is -2.15. The molecule has 2 heterocycles. The predicted octanol–water partition coefficient (Wildman–Crippen LogP) is 1.55. The van der Waals surface area contributed by atoms with E-state index < -0.39 is 22.2 Å². The monoisotopic (exact) mass is 306 g/mol. The highest BCUT2D eigenvalue weighted by Gasteiger charge is 2.47. The molecule has 0 radical (unpaired) electrons. The number of carbonyl (C=O) groups is 2. The molecule has 7 nitrogen and oxygen atoms in total. The van der Waals surface area contributed by atoms with Gasteiger partial charge in [0.1, 0.15) is 16.4 Å². The molecule has 1 amide bonds. The van der Waals surface area contributed by atoms with Crippen molar-refractivity contribution in [2.45, 2.75) is 11.4 Å². The molecule has 1 aromatic carbocycles. The number of carbonyl (C=O) groups excluding carboxylic acids is 2. The van der Waals surface area contributed by atoms with Crippen molar-refractivity contribution in [3.05, 3.63) is 56.7 Å². The van der Waals surface area contributed by atoms with Gasteiger partial charge in [-0.3, -0.25) is 14.9 Å². The second-order valence-corrected chi connectivity index (χ2v) is 5.76.